The maximum Gasteiger partial charge on any atom is 0.241 e. The summed E-state index contributed by atoms with van der Waals surface area (Å²) in [7, 11) is -3.80. The number of rotatable bonds is 5. The van der Waals surface area contributed by atoms with Crippen LogP contribution in [0.4, 0.5) is 0 Å². The van der Waals surface area contributed by atoms with Crippen molar-refractivity contribution in [2.75, 3.05) is 0 Å². The van der Waals surface area contributed by atoms with Crippen LogP contribution in [0.2, 0.25) is 0 Å². The van der Waals surface area contributed by atoms with E-state index in [4.69, 9.17) is 5.26 Å². The molecule has 0 aliphatic carbocycles. The van der Waals surface area contributed by atoms with E-state index in [1.807, 2.05) is 6.07 Å². The minimum atomic E-state index is -3.80. The van der Waals surface area contributed by atoms with Crippen LogP contribution in [0, 0.1) is 17.2 Å². The molecule has 5 nitrogen and oxygen atoms in total. The number of carbonyl (C=O) groups excluding carboxylic acids is 1. The number of ketones is 1. The molecule has 108 valence electrons. The Balaban J connectivity index is 3.12. The summed E-state index contributed by atoms with van der Waals surface area (Å²) >= 11 is 0. The highest BCUT2D eigenvalue weighted by Gasteiger charge is 2.33. The predicted octanol–water partition coefficient (Wildman–Crippen LogP) is 2.11. The summed E-state index contributed by atoms with van der Waals surface area (Å²) in [5.41, 5.74) is -0.742. The zero-order valence-electron chi connectivity index (χ0n) is 12.0. The van der Waals surface area contributed by atoms with Gasteiger partial charge in [-0.1, -0.05) is 26.0 Å². The van der Waals surface area contributed by atoms with Gasteiger partial charge in [0.05, 0.1) is 11.0 Å². The first-order chi connectivity index (χ1) is 9.12. The van der Waals surface area contributed by atoms with Gasteiger partial charge in [-0.25, -0.2) is 8.42 Å². The second kappa shape index (κ2) is 5.73. The van der Waals surface area contributed by atoms with Crippen molar-refractivity contribution in [1.82, 2.24) is 4.72 Å². The van der Waals surface area contributed by atoms with Crippen LogP contribution < -0.4 is 4.72 Å². The highest BCUT2D eigenvalue weighted by molar-refractivity contribution is 7.89. The number of hydrogen-bond acceptors (Lipinski definition) is 4. The summed E-state index contributed by atoms with van der Waals surface area (Å²) in [6.45, 7) is 6.49. The molecule has 0 radical (unpaired) electrons. The lowest BCUT2D eigenvalue weighted by molar-refractivity contribution is 0.101. The molecular weight excluding hydrogens is 276 g/mol. The molecule has 1 atom stereocenters. The Labute approximate surface area is 119 Å². The number of Topliss-reactive ketones (excluding diaryl/α,β-unsaturated/α-hetero) is 1. The topological polar surface area (TPSA) is 87.0 Å². The van der Waals surface area contributed by atoms with Crippen molar-refractivity contribution in [3.63, 3.8) is 0 Å². The maximum absolute atomic E-state index is 12.2. The van der Waals surface area contributed by atoms with E-state index < -0.39 is 15.6 Å². The van der Waals surface area contributed by atoms with Gasteiger partial charge in [-0.3, -0.25) is 4.79 Å². The maximum atomic E-state index is 12.2. The number of benzene rings is 1. The first-order valence-electron chi connectivity index (χ1n) is 6.18. The van der Waals surface area contributed by atoms with Crippen molar-refractivity contribution < 1.29 is 13.2 Å². The molecular formula is C14H18N2O3S. The number of nitrogens with one attached hydrogen (secondary N) is 1. The third-order valence-corrected chi connectivity index (χ3v) is 4.89. The molecule has 1 rings (SSSR count). The smallest absolute Gasteiger partial charge is 0.241 e. The third kappa shape index (κ3) is 3.44. The lowest BCUT2D eigenvalue weighted by Gasteiger charge is -2.26. The van der Waals surface area contributed by atoms with Crippen molar-refractivity contribution in [2.24, 2.45) is 5.92 Å². The number of nitriles is 1. The van der Waals surface area contributed by atoms with Crippen LogP contribution in [-0.4, -0.2) is 19.7 Å². The first-order valence-corrected chi connectivity index (χ1v) is 7.67. The zero-order chi connectivity index (χ0) is 15.6. The van der Waals surface area contributed by atoms with Gasteiger partial charge in [-0.05, 0) is 31.9 Å². The second-order valence-corrected chi connectivity index (χ2v) is 6.84. The van der Waals surface area contributed by atoms with E-state index in [0.717, 1.165) is 0 Å². The van der Waals surface area contributed by atoms with Gasteiger partial charge in [-0.15, -0.1) is 0 Å². The van der Waals surface area contributed by atoms with E-state index in [2.05, 4.69) is 4.72 Å². The van der Waals surface area contributed by atoms with Crippen molar-refractivity contribution in [1.29, 1.82) is 5.26 Å². The average molecular weight is 294 g/mol. The molecule has 6 heteroatoms. The van der Waals surface area contributed by atoms with Crippen LogP contribution in [0.3, 0.4) is 0 Å². The fourth-order valence-electron chi connectivity index (χ4n) is 1.48. The van der Waals surface area contributed by atoms with Gasteiger partial charge < -0.3 is 0 Å². The number of carbonyl (C=O) groups is 1. The fraction of sp³-hybridized carbons (Fsp3) is 0.429. The van der Waals surface area contributed by atoms with Crippen LogP contribution in [0.15, 0.2) is 29.2 Å². The summed E-state index contributed by atoms with van der Waals surface area (Å²) in [6, 6.07) is 7.61. The van der Waals surface area contributed by atoms with Gasteiger partial charge in [0, 0.05) is 5.56 Å². The Morgan fingerprint density at radius 1 is 1.30 bits per heavy atom. The van der Waals surface area contributed by atoms with Gasteiger partial charge in [0.15, 0.2) is 5.78 Å². The minimum absolute atomic E-state index is 0.0321. The minimum Gasteiger partial charge on any atom is -0.295 e. The molecule has 0 spiro atoms. The van der Waals surface area contributed by atoms with Crippen molar-refractivity contribution in [2.45, 2.75) is 38.1 Å². The standard InChI is InChI=1S/C14H18N2O3S/c1-10(2)14(4,9-15)16-20(18,19)13-7-5-12(6-8-13)11(3)17/h5-8,10,16H,1-4H3/t14-/m0/s1. The van der Waals surface area contributed by atoms with Crippen LogP contribution in [0.5, 0.6) is 0 Å². The molecule has 0 heterocycles. The highest BCUT2D eigenvalue weighted by Crippen LogP contribution is 2.20. The molecule has 1 aromatic carbocycles. The molecule has 20 heavy (non-hydrogen) atoms. The van der Waals surface area contributed by atoms with E-state index in [1.165, 1.54) is 31.2 Å². The number of sulfonamides is 1. The molecule has 0 saturated heterocycles. The first kappa shape index (κ1) is 16.3. The highest BCUT2D eigenvalue weighted by atomic mass is 32.2. The van der Waals surface area contributed by atoms with E-state index in [-0.39, 0.29) is 16.6 Å². The van der Waals surface area contributed by atoms with E-state index >= 15 is 0 Å². The molecule has 0 amide bonds. The number of hydrogen-bond donors (Lipinski definition) is 1. The summed E-state index contributed by atoms with van der Waals surface area (Å²) in [5.74, 6) is -0.315. The second-order valence-electron chi connectivity index (χ2n) is 5.15. The molecule has 1 aromatic rings. The van der Waals surface area contributed by atoms with Crippen LogP contribution in [0.25, 0.3) is 0 Å². The summed E-state index contributed by atoms with van der Waals surface area (Å²) in [5, 5.41) is 9.16. The van der Waals surface area contributed by atoms with Crippen molar-refractivity contribution >= 4 is 15.8 Å². The Kier molecular flexibility index (Phi) is 4.69. The number of nitrogens with zero attached hydrogens (tertiary/aromatic N) is 1. The Hall–Kier alpha value is -1.71. The molecule has 0 unspecified atom stereocenters. The average Bonchev–Trinajstić information content (AvgIpc) is 2.38. The molecule has 0 aromatic heterocycles. The molecule has 0 aliphatic heterocycles. The van der Waals surface area contributed by atoms with E-state index in [0.29, 0.717) is 5.56 Å². The van der Waals surface area contributed by atoms with Crippen molar-refractivity contribution in [3.05, 3.63) is 29.8 Å². The fourth-order valence-corrected chi connectivity index (χ4v) is 2.93. The van der Waals surface area contributed by atoms with E-state index in [1.54, 1.807) is 20.8 Å². The van der Waals surface area contributed by atoms with Crippen LogP contribution >= 0.6 is 0 Å². The quantitative estimate of drug-likeness (QED) is 0.842. The van der Waals surface area contributed by atoms with Gasteiger partial charge in [0.1, 0.15) is 5.54 Å². The van der Waals surface area contributed by atoms with Crippen molar-refractivity contribution in [3.8, 4) is 6.07 Å². The van der Waals surface area contributed by atoms with Crippen LogP contribution in [0.1, 0.15) is 38.1 Å². The Bertz CT molecular complexity index is 642. The van der Waals surface area contributed by atoms with Gasteiger partial charge >= 0.3 is 0 Å². The molecule has 0 aliphatic rings. The summed E-state index contributed by atoms with van der Waals surface area (Å²) in [6.07, 6.45) is 0. The van der Waals surface area contributed by atoms with E-state index in [9.17, 15) is 13.2 Å². The molecule has 0 bridgehead atoms. The predicted molar refractivity (Wildman–Crippen MR) is 75.6 cm³/mol. The zero-order valence-corrected chi connectivity index (χ0v) is 12.8. The SMILES string of the molecule is CC(=O)c1ccc(S(=O)(=O)N[C@@](C)(C#N)C(C)C)cc1. The molecule has 0 saturated carbocycles. The lowest BCUT2D eigenvalue weighted by Crippen LogP contribution is -2.48. The molecule has 1 N–H and O–H groups in total. The Morgan fingerprint density at radius 3 is 2.15 bits per heavy atom. The largest absolute Gasteiger partial charge is 0.295 e. The summed E-state index contributed by atoms with van der Waals surface area (Å²) in [4.78, 5) is 11.2. The lowest BCUT2D eigenvalue weighted by atomic mass is 9.92. The third-order valence-electron chi connectivity index (χ3n) is 3.30. The van der Waals surface area contributed by atoms with Crippen LogP contribution in [-0.2, 0) is 10.0 Å². The van der Waals surface area contributed by atoms with Gasteiger partial charge in [-0.2, -0.15) is 9.98 Å². The van der Waals surface area contributed by atoms with Gasteiger partial charge in [0.25, 0.3) is 0 Å². The monoisotopic (exact) mass is 294 g/mol. The van der Waals surface area contributed by atoms with Gasteiger partial charge in [0.2, 0.25) is 10.0 Å². The summed E-state index contributed by atoms with van der Waals surface area (Å²) < 4.78 is 26.9. The Morgan fingerprint density at radius 2 is 1.80 bits per heavy atom. The normalized spacial score (nSPS) is 14.6. The molecule has 0 fully saturated rings.